The molecule has 1 aliphatic rings. The maximum Gasteiger partial charge on any atom is 0.220 e. The van der Waals surface area contributed by atoms with Crippen molar-refractivity contribution >= 4 is 11.7 Å². The number of hydrogen-bond acceptors (Lipinski definition) is 4. The molecule has 0 aromatic heterocycles. The Kier molecular flexibility index (Phi) is 6.81. The van der Waals surface area contributed by atoms with Crippen LogP contribution >= 0.6 is 0 Å². The third-order valence-electron chi connectivity index (χ3n) is 2.78. The Hall–Kier alpha value is -0.940. The lowest BCUT2D eigenvalue weighted by Gasteiger charge is -2.26. The van der Waals surface area contributed by atoms with Gasteiger partial charge in [-0.2, -0.15) is 0 Å². The van der Waals surface area contributed by atoms with E-state index in [0.717, 1.165) is 39.3 Å². The number of ketones is 1. The molecule has 17 heavy (non-hydrogen) atoms. The minimum Gasteiger partial charge on any atom is -0.379 e. The molecule has 1 amide bonds. The third-order valence-corrected chi connectivity index (χ3v) is 2.78. The van der Waals surface area contributed by atoms with Gasteiger partial charge in [0.2, 0.25) is 5.91 Å². The topological polar surface area (TPSA) is 58.6 Å². The highest BCUT2D eigenvalue weighted by molar-refractivity contribution is 5.83. The van der Waals surface area contributed by atoms with Gasteiger partial charge in [0.15, 0.2) is 0 Å². The van der Waals surface area contributed by atoms with Crippen LogP contribution in [-0.4, -0.2) is 56.0 Å². The van der Waals surface area contributed by atoms with Crippen LogP contribution in [0, 0.1) is 0 Å². The number of morpholine rings is 1. The Labute approximate surface area is 102 Å². The number of ether oxygens (including phenoxy) is 1. The highest BCUT2D eigenvalue weighted by Crippen LogP contribution is 1.97. The van der Waals surface area contributed by atoms with E-state index in [1.807, 2.05) is 0 Å². The standard InChI is InChI=1S/C12H22N2O3/c1-11(15)3-4-12(16)13-5-2-6-14-7-9-17-10-8-14/h2-10H2,1H3,(H,13,16). The summed E-state index contributed by atoms with van der Waals surface area (Å²) in [6.07, 6.45) is 1.61. The van der Waals surface area contributed by atoms with E-state index in [4.69, 9.17) is 4.74 Å². The summed E-state index contributed by atoms with van der Waals surface area (Å²) >= 11 is 0. The molecule has 0 atom stereocenters. The molecule has 1 N–H and O–H groups in total. The quantitative estimate of drug-likeness (QED) is 0.648. The number of carbonyl (C=O) groups is 2. The van der Waals surface area contributed by atoms with Crippen molar-refractivity contribution in [3.63, 3.8) is 0 Å². The largest absolute Gasteiger partial charge is 0.379 e. The molecule has 1 rings (SSSR count). The van der Waals surface area contributed by atoms with E-state index in [0.29, 0.717) is 19.4 Å². The van der Waals surface area contributed by atoms with Gasteiger partial charge in [0, 0.05) is 32.5 Å². The summed E-state index contributed by atoms with van der Waals surface area (Å²) in [6, 6.07) is 0. The van der Waals surface area contributed by atoms with Crippen LogP contribution < -0.4 is 5.32 Å². The van der Waals surface area contributed by atoms with Crippen molar-refractivity contribution in [1.82, 2.24) is 10.2 Å². The molecule has 1 fully saturated rings. The molecule has 0 aliphatic carbocycles. The van der Waals surface area contributed by atoms with Gasteiger partial charge in [-0.3, -0.25) is 9.69 Å². The molecule has 1 saturated heterocycles. The first kappa shape index (κ1) is 14.1. The van der Waals surface area contributed by atoms with E-state index >= 15 is 0 Å². The average Bonchev–Trinajstić information content (AvgIpc) is 2.33. The van der Waals surface area contributed by atoms with Crippen LogP contribution in [0.4, 0.5) is 0 Å². The second kappa shape index (κ2) is 8.20. The Morgan fingerprint density at radius 2 is 1.94 bits per heavy atom. The summed E-state index contributed by atoms with van der Waals surface area (Å²) < 4.78 is 5.26. The number of rotatable bonds is 7. The zero-order chi connectivity index (χ0) is 12.5. The van der Waals surface area contributed by atoms with Gasteiger partial charge in [-0.15, -0.1) is 0 Å². The van der Waals surface area contributed by atoms with Crippen molar-refractivity contribution < 1.29 is 14.3 Å². The molecule has 0 aromatic rings. The zero-order valence-electron chi connectivity index (χ0n) is 10.5. The monoisotopic (exact) mass is 242 g/mol. The van der Waals surface area contributed by atoms with Crippen LogP contribution in [0.15, 0.2) is 0 Å². The molecular formula is C12H22N2O3. The Bertz CT molecular complexity index is 250. The summed E-state index contributed by atoms with van der Waals surface area (Å²) in [4.78, 5) is 24.3. The number of hydrogen-bond donors (Lipinski definition) is 1. The second-order valence-corrected chi connectivity index (χ2v) is 4.36. The number of nitrogens with one attached hydrogen (secondary N) is 1. The first-order valence-corrected chi connectivity index (χ1v) is 6.24. The van der Waals surface area contributed by atoms with Crippen LogP contribution in [0.3, 0.4) is 0 Å². The average molecular weight is 242 g/mol. The van der Waals surface area contributed by atoms with Crippen LogP contribution in [-0.2, 0) is 14.3 Å². The van der Waals surface area contributed by atoms with Gasteiger partial charge >= 0.3 is 0 Å². The highest BCUT2D eigenvalue weighted by atomic mass is 16.5. The molecule has 0 aromatic carbocycles. The number of Topliss-reactive ketones (excluding diaryl/α,β-unsaturated/α-hetero) is 1. The smallest absolute Gasteiger partial charge is 0.220 e. The van der Waals surface area contributed by atoms with Gasteiger partial charge in [-0.25, -0.2) is 0 Å². The number of carbonyl (C=O) groups excluding carboxylic acids is 2. The fraction of sp³-hybridized carbons (Fsp3) is 0.833. The van der Waals surface area contributed by atoms with E-state index in [2.05, 4.69) is 10.2 Å². The van der Waals surface area contributed by atoms with Crippen molar-refractivity contribution in [1.29, 1.82) is 0 Å². The van der Waals surface area contributed by atoms with E-state index < -0.39 is 0 Å². The van der Waals surface area contributed by atoms with Crippen LogP contribution in [0.5, 0.6) is 0 Å². The SMILES string of the molecule is CC(=O)CCC(=O)NCCCN1CCOCC1. The summed E-state index contributed by atoms with van der Waals surface area (Å²) in [5, 5.41) is 2.83. The van der Waals surface area contributed by atoms with Crippen molar-refractivity contribution in [2.75, 3.05) is 39.4 Å². The molecule has 0 bridgehead atoms. The van der Waals surface area contributed by atoms with E-state index in [1.54, 1.807) is 0 Å². The zero-order valence-corrected chi connectivity index (χ0v) is 10.5. The summed E-state index contributed by atoms with van der Waals surface area (Å²) in [7, 11) is 0. The van der Waals surface area contributed by atoms with Gasteiger partial charge in [0.1, 0.15) is 5.78 Å². The molecule has 98 valence electrons. The Morgan fingerprint density at radius 3 is 2.59 bits per heavy atom. The van der Waals surface area contributed by atoms with Gasteiger partial charge in [0.25, 0.3) is 0 Å². The molecule has 1 aliphatic heterocycles. The molecule has 5 nitrogen and oxygen atoms in total. The number of amides is 1. The van der Waals surface area contributed by atoms with Crippen molar-refractivity contribution in [2.24, 2.45) is 0 Å². The molecule has 1 heterocycles. The lowest BCUT2D eigenvalue weighted by Crippen LogP contribution is -2.38. The lowest BCUT2D eigenvalue weighted by molar-refractivity contribution is -0.124. The van der Waals surface area contributed by atoms with Gasteiger partial charge in [-0.1, -0.05) is 0 Å². The Morgan fingerprint density at radius 1 is 1.24 bits per heavy atom. The molecule has 0 radical (unpaired) electrons. The fourth-order valence-corrected chi connectivity index (χ4v) is 1.73. The second-order valence-electron chi connectivity index (χ2n) is 4.36. The minimum atomic E-state index is -0.0258. The van der Waals surface area contributed by atoms with Crippen molar-refractivity contribution in [3.8, 4) is 0 Å². The first-order chi connectivity index (χ1) is 8.18. The molecule has 0 unspecified atom stereocenters. The normalized spacial score (nSPS) is 16.8. The van der Waals surface area contributed by atoms with Crippen LogP contribution in [0.2, 0.25) is 0 Å². The van der Waals surface area contributed by atoms with Crippen LogP contribution in [0.25, 0.3) is 0 Å². The predicted molar refractivity (Wildman–Crippen MR) is 64.8 cm³/mol. The third kappa shape index (κ3) is 7.07. The maximum absolute atomic E-state index is 11.3. The molecule has 5 heteroatoms. The van der Waals surface area contributed by atoms with Crippen molar-refractivity contribution in [2.45, 2.75) is 26.2 Å². The van der Waals surface area contributed by atoms with Crippen molar-refractivity contribution in [3.05, 3.63) is 0 Å². The van der Waals surface area contributed by atoms with E-state index in [1.165, 1.54) is 6.92 Å². The van der Waals surface area contributed by atoms with E-state index in [9.17, 15) is 9.59 Å². The lowest BCUT2D eigenvalue weighted by atomic mass is 10.2. The maximum atomic E-state index is 11.3. The minimum absolute atomic E-state index is 0.0258. The summed E-state index contributed by atoms with van der Waals surface area (Å²) in [6.45, 7) is 6.78. The summed E-state index contributed by atoms with van der Waals surface area (Å²) in [5.74, 6) is 0.0376. The van der Waals surface area contributed by atoms with Gasteiger partial charge < -0.3 is 14.8 Å². The van der Waals surface area contributed by atoms with Gasteiger partial charge in [-0.05, 0) is 19.9 Å². The number of nitrogens with zero attached hydrogens (tertiary/aromatic N) is 1. The van der Waals surface area contributed by atoms with E-state index in [-0.39, 0.29) is 11.7 Å². The first-order valence-electron chi connectivity index (χ1n) is 6.24. The highest BCUT2D eigenvalue weighted by Gasteiger charge is 2.09. The fourth-order valence-electron chi connectivity index (χ4n) is 1.73. The van der Waals surface area contributed by atoms with Gasteiger partial charge in [0.05, 0.1) is 13.2 Å². The molecule has 0 saturated carbocycles. The summed E-state index contributed by atoms with van der Waals surface area (Å²) in [5.41, 5.74) is 0. The van der Waals surface area contributed by atoms with Crippen LogP contribution in [0.1, 0.15) is 26.2 Å². The molecule has 0 spiro atoms. The predicted octanol–water partition coefficient (Wildman–Crippen LogP) is 0.194. The Balaban J connectivity index is 1.95. The molecular weight excluding hydrogens is 220 g/mol.